The minimum Gasteiger partial charge on any atom is -0.334 e. The molecule has 0 aliphatic heterocycles. The first-order chi connectivity index (χ1) is 8.75. The lowest BCUT2D eigenvalue weighted by molar-refractivity contribution is 0.456. The first kappa shape index (κ1) is 11.2. The summed E-state index contributed by atoms with van der Waals surface area (Å²) >= 11 is 0. The van der Waals surface area contributed by atoms with E-state index < -0.39 is 0 Å². The van der Waals surface area contributed by atoms with E-state index in [1.165, 1.54) is 0 Å². The minimum atomic E-state index is -0.354. The molecule has 0 radical (unpaired) electrons. The number of imidazole rings is 1. The molecular formula is C14H15N3O. The van der Waals surface area contributed by atoms with Crippen molar-refractivity contribution in [1.29, 1.82) is 0 Å². The molecule has 4 heteroatoms. The van der Waals surface area contributed by atoms with Gasteiger partial charge < -0.3 is 4.57 Å². The van der Waals surface area contributed by atoms with Crippen LogP contribution in [0.25, 0.3) is 11.0 Å². The van der Waals surface area contributed by atoms with Gasteiger partial charge in [0.1, 0.15) is 0 Å². The lowest BCUT2D eigenvalue weighted by Gasteiger charge is -2.22. The van der Waals surface area contributed by atoms with E-state index in [2.05, 4.69) is 28.2 Å². The fourth-order valence-corrected chi connectivity index (χ4v) is 2.94. The number of aromatic nitrogens is 2. The van der Waals surface area contributed by atoms with Crippen molar-refractivity contribution in [2.24, 2.45) is 12.0 Å². The molecule has 0 N–H and O–H groups in total. The fraction of sp³-hybridized carbons (Fsp3) is 0.429. The van der Waals surface area contributed by atoms with Crippen LogP contribution in [0.2, 0.25) is 0 Å². The molecule has 0 spiro atoms. The van der Waals surface area contributed by atoms with Crippen molar-refractivity contribution in [1.82, 2.24) is 9.55 Å². The second kappa shape index (κ2) is 4.07. The monoisotopic (exact) mass is 241 g/mol. The van der Waals surface area contributed by atoms with Crippen molar-refractivity contribution in [3.8, 4) is 0 Å². The summed E-state index contributed by atoms with van der Waals surface area (Å²) in [5.41, 5.74) is 2.80. The van der Waals surface area contributed by atoms with Gasteiger partial charge in [0.2, 0.25) is 6.08 Å². The van der Waals surface area contributed by atoms with Crippen LogP contribution in [0.15, 0.2) is 29.5 Å². The van der Waals surface area contributed by atoms with Gasteiger partial charge in [-0.25, -0.2) is 9.78 Å². The lowest BCUT2D eigenvalue weighted by Crippen LogP contribution is -2.18. The highest BCUT2D eigenvalue weighted by Crippen LogP contribution is 2.42. The predicted molar refractivity (Wildman–Crippen MR) is 69.0 cm³/mol. The van der Waals surface area contributed by atoms with Gasteiger partial charge in [0.15, 0.2) is 0 Å². The maximum atomic E-state index is 10.7. The molecule has 1 heterocycles. The van der Waals surface area contributed by atoms with Crippen LogP contribution in [0.3, 0.4) is 0 Å². The molecule has 1 aromatic carbocycles. The summed E-state index contributed by atoms with van der Waals surface area (Å²) in [6.45, 7) is 0. The highest BCUT2D eigenvalue weighted by molar-refractivity contribution is 5.76. The molecule has 2 aromatic rings. The molecule has 0 atom stereocenters. The Morgan fingerprint density at radius 2 is 2.17 bits per heavy atom. The Bertz CT molecular complexity index is 632. The zero-order chi connectivity index (χ0) is 12.6. The van der Waals surface area contributed by atoms with Crippen LogP contribution in [0.4, 0.5) is 0 Å². The number of aliphatic imine (C=N–C) groups is 1. The van der Waals surface area contributed by atoms with Gasteiger partial charge in [-0.05, 0) is 30.5 Å². The molecule has 1 fully saturated rings. The van der Waals surface area contributed by atoms with Gasteiger partial charge in [0, 0.05) is 7.05 Å². The molecule has 18 heavy (non-hydrogen) atoms. The van der Waals surface area contributed by atoms with Crippen molar-refractivity contribution in [3.63, 3.8) is 0 Å². The Kier molecular flexibility index (Phi) is 2.53. The van der Waals surface area contributed by atoms with E-state index in [1.807, 2.05) is 11.6 Å². The van der Waals surface area contributed by atoms with Crippen LogP contribution in [0.5, 0.6) is 0 Å². The third-order valence-electron chi connectivity index (χ3n) is 3.95. The molecule has 1 aliphatic rings. The number of nitrogens with zero attached hydrogens (tertiary/aromatic N) is 3. The van der Waals surface area contributed by atoms with Gasteiger partial charge in [0.05, 0.1) is 22.9 Å². The summed E-state index contributed by atoms with van der Waals surface area (Å²) < 4.78 is 1.99. The van der Waals surface area contributed by atoms with Gasteiger partial charge in [-0.15, -0.1) is 0 Å². The fourth-order valence-electron chi connectivity index (χ4n) is 2.94. The third kappa shape index (κ3) is 1.57. The molecular weight excluding hydrogens is 226 g/mol. The van der Waals surface area contributed by atoms with Crippen molar-refractivity contribution in [2.45, 2.75) is 31.2 Å². The van der Waals surface area contributed by atoms with Crippen molar-refractivity contribution in [2.75, 3.05) is 0 Å². The van der Waals surface area contributed by atoms with E-state index in [9.17, 15) is 4.79 Å². The molecule has 1 aliphatic carbocycles. The quantitative estimate of drug-likeness (QED) is 0.599. The Balaban J connectivity index is 2.15. The van der Waals surface area contributed by atoms with E-state index in [1.54, 1.807) is 12.4 Å². The average Bonchev–Trinajstić information content (AvgIpc) is 2.98. The minimum absolute atomic E-state index is 0.354. The van der Waals surface area contributed by atoms with Crippen LogP contribution >= 0.6 is 0 Å². The number of benzene rings is 1. The number of rotatable bonds is 2. The van der Waals surface area contributed by atoms with Crippen molar-refractivity contribution < 1.29 is 4.79 Å². The smallest absolute Gasteiger partial charge is 0.235 e. The Morgan fingerprint density at radius 3 is 2.89 bits per heavy atom. The van der Waals surface area contributed by atoms with Gasteiger partial charge >= 0.3 is 0 Å². The van der Waals surface area contributed by atoms with E-state index in [-0.39, 0.29) is 5.54 Å². The summed E-state index contributed by atoms with van der Waals surface area (Å²) in [5, 5.41) is 0. The summed E-state index contributed by atoms with van der Waals surface area (Å²) in [5.74, 6) is 0. The van der Waals surface area contributed by atoms with Gasteiger partial charge in [0.25, 0.3) is 0 Å². The zero-order valence-corrected chi connectivity index (χ0v) is 10.4. The summed E-state index contributed by atoms with van der Waals surface area (Å²) in [7, 11) is 1.98. The van der Waals surface area contributed by atoms with E-state index in [4.69, 9.17) is 0 Å². The number of isocyanates is 1. The summed E-state index contributed by atoms with van der Waals surface area (Å²) in [6.07, 6.45) is 7.65. The number of carbonyl (C=O) groups excluding carboxylic acids is 1. The van der Waals surface area contributed by atoms with E-state index in [0.29, 0.717) is 0 Å². The van der Waals surface area contributed by atoms with Crippen LogP contribution in [0.1, 0.15) is 31.2 Å². The van der Waals surface area contributed by atoms with E-state index >= 15 is 0 Å². The molecule has 92 valence electrons. The van der Waals surface area contributed by atoms with E-state index in [0.717, 1.165) is 42.3 Å². The normalized spacial score (nSPS) is 17.8. The van der Waals surface area contributed by atoms with Crippen LogP contribution < -0.4 is 0 Å². The number of aryl methyl sites for hydroxylation is 1. The topological polar surface area (TPSA) is 47.2 Å². The molecule has 3 rings (SSSR count). The highest BCUT2D eigenvalue weighted by atomic mass is 16.1. The predicted octanol–water partition coefficient (Wildman–Crippen LogP) is 2.68. The van der Waals surface area contributed by atoms with Gasteiger partial charge in [-0.3, -0.25) is 0 Å². The van der Waals surface area contributed by atoms with Crippen molar-refractivity contribution in [3.05, 3.63) is 30.1 Å². The third-order valence-corrected chi connectivity index (χ3v) is 3.95. The van der Waals surface area contributed by atoms with Crippen LogP contribution in [-0.4, -0.2) is 15.6 Å². The Morgan fingerprint density at radius 1 is 1.39 bits per heavy atom. The largest absolute Gasteiger partial charge is 0.334 e. The molecule has 0 amide bonds. The Hall–Kier alpha value is -1.93. The molecule has 1 saturated carbocycles. The SMILES string of the molecule is Cn1cnc2cc(C3(N=C=O)CCCC3)ccc21. The van der Waals surface area contributed by atoms with Gasteiger partial charge in [-0.1, -0.05) is 18.9 Å². The average molecular weight is 241 g/mol. The molecule has 0 unspecified atom stereocenters. The first-order valence-electron chi connectivity index (χ1n) is 6.26. The molecule has 4 nitrogen and oxygen atoms in total. The lowest BCUT2D eigenvalue weighted by atomic mass is 9.89. The Labute approximate surface area is 105 Å². The van der Waals surface area contributed by atoms with Crippen molar-refractivity contribution >= 4 is 17.1 Å². The second-order valence-electron chi connectivity index (χ2n) is 5.00. The van der Waals surface area contributed by atoms with Crippen LogP contribution in [0, 0.1) is 0 Å². The van der Waals surface area contributed by atoms with Gasteiger partial charge in [-0.2, -0.15) is 4.99 Å². The second-order valence-corrected chi connectivity index (χ2v) is 5.00. The standard InChI is InChI=1S/C14H15N3O/c1-17-9-15-12-8-11(4-5-13(12)17)14(16-10-18)6-2-3-7-14/h4-5,8-9H,2-3,6-7H2,1H3. The summed E-state index contributed by atoms with van der Waals surface area (Å²) in [6, 6.07) is 6.18. The molecule has 0 bridgehead atoms. The first-order valence-corrected chi connectivity index (χ1v) is 6.26. The summed E-state index contributed by atoms with van der Waals surface area (Å²) in [4.78, 5) is 19.2. The zero-order valence-electron chi connectivity index (χ0n) is 10.4. The number of hydrogen-bond donors (Lipinski definition) is 0. The van der Waals surface area contributed by atoms with Crippen LogP contribution in [-0.2, 0) is 17.4 Å². The maximum Gasteiger partial charge on any atom is 0.235 e. The number of hydrogen-bond acceptors (Lipinski definition) is 3. The number of fused-ring (bicyclic) bond motifs is 1. The molecule has 1 aromatic heterocycles. The highest BCUT2D eigenvalue weighted by Gasteiger charge is 2.35. The molecule has 0 saturated heterocycles. The maximum absolute atomic E-state index is 10.7.